The minimum absolute atomic E-state index is 0. The van der Waals surface area contributed by atoms with Crippen LogP contribution in [0.15, 0.2) is 18.2 Å². The van der Waals surface area contributed by atoms with E-state index in [-0.39, 0.29) is 24.0 Å². The first-order valence-corrected chi connectivity index (χ1v) is 6.65. The van der Waals surface area contributed by atoms with Gasteiger partial charge >= 0.3 is 6.18 Å². The summed E-state index contributed by atoms with van der Waals surface area (Å²) < 4.78 is 51.4. The quantitative estimate of drug-likeness (QED) is 0.839. The second-order valence-corrected chi connectivity index (χ2v) is 5.11. The number of benzene rings is 1. The lowest BCUT2D eigenvalue weighted by Gasteiger charge is -2.32. The van der Waals surface area contributed by atoms with Gasteiger partial charge in [-0.25, -0.2) is 4.39 Å². The Morgan fingerprint density at radius 2 is 2.00 bits per heavy atom. The zero-order valence-electron chi connectivity index (χ0n) is 11.9. The summed E-state index contributed by atoms with van der Waals surface area (Å²) in [5.74, 6) is -1.63. The van der Waals surface area contributed by atoms with Gasteiger partial charge in [0, 0.05) is 24.7 Å². The monoisotopic (exact) mass is 340 g/mol. The molecule has 3 nitrogen and oxygen atoms in total. The van der Waals surface area contributed by atoms with Crippen molar-refractivity contribution >= 4 is 18.3 Å². The van der Waals surface area contributed by atoms with Crippen molar-refractivity contribution in [2.75, 3.05) is 20.1 Å². The Morgan fingerprint density at radius 1 is 1.32 bits per heavy atom. The molecule has 0 bridgehead atoms. The maximum atomic E-state index is 13.3. The highest BCUT2D eigenvalue weighted by Gasteiger charge is 2.33. The molecule has 1 unspecified atom stereocenters. The van der Waals surface area contributed by atoms with Crippen molar-refractivity contribution in [3.05, 3.63) is 35.1 Å². The third-order valence-corrected chi connectivity index (χ3v) is 3.59. The summed E-state index contributed by atoms with van der Waals surface area (Å²) in [7, 11) is 1.77. The van der Waals surface area contributed by atoms with Crippen LogP contribution in [-0.4, -0.2) is 37.0 Å². The van der Waals surface area contributed by atoms with Gasteiger partial charge in [-0.2, -0.15) is 13.2 Å². The summed E-state index contributed by atoms with van der Waals surface area (Å²) in [4.78, 5) is 13.7. The van der Waals surface area contributed by atoms with Crippen molar-refractivity contribution in [1.82, 2.24) is 10.2 Å². The summed E-state index contributed by atoms with van der Waals surface area (Å²) in [6, 6.07) is 2.05. The van der Waals surface area contributed by atoms with Gasteiger partial charge in [-0.15, -0.1) is 12.4 Å². The van der Waals surface area contributed by atoms with Crippen LogP contribution in [-0.2, 0) is 6.18 Å². The van der Waals surface area contributed by atoms with Crippen molar-refractivity contribution in [2.24, 2.45) is 0 Å². The predicted molar refractivity (Wildman–Crippen MR) is 76.6 cm³/mol. The molecular weight excluding hydrogens is 324 g/mol. The number of piperidine rings is 1. The van der Waals surface area contributed by atoms with Gasteiger partial charge < -0.3 is 10.2 Å². The SMILES string of the molecule is CNC1CCCN(C(=O)c2cc(F)cc(C(F)(F)F)c2)C1.Cl. The minimum atomic E-state index is -4.67. The van der Waals surface area contributed by atoms with E-state index in [9.17, 15) is 22.4 Å². The standard InChI is InChI=1S/C14H16F4N2O.ClH/c1-19-12-3-2-4-20(8-12)13(21)9-5-10(14(16,17)18)7-11(15)6-9;/h5-7,12,19H,2-4,8H2,1H3;1H. The lowest BCUT2D eigenvalue weighted by atomic mass is 10.0. The van der Waals surface area contributed by atoms with Crippen molar-refractivity contribution < 1.29 is 22.4 Å². The van der Waals surface area contributed by atoms with Crippen molar-refractivity contribution in [3.63, 3.8) is 0 Å². The second-order valence-electron chi connectivity index (χ2n) is 5.11. The van der Waals surface area contributed by atoms with Crippen LogP contribution < -0.4 is 5.32 Å². The number of carbonyl (C=O) groups is 1. The summed E-state index contributed by atoms with van der Waals surface area (Å²) >= 11 is 0. The molecule has 1 aromatic carbocycles. The van der Waals surface area contributed by atoms with Crippen LogP contribution >= 0.6 is 12.4 Å². The normalized spacial score (nSPS) is 18.8. The first kappa shape index (κ1) is 18.7. The van der Waals surface area contributed by atoms with Crippen LogP contribution in [0.25, 0.3) is 0 Å². The molecule has 1 saturated heterocycles. The van der Waals surface area contributed by atoms with Crippen LogP contribution in [0, 0.1) is 5.82 Å². The third-order valence-electron chi connectivity index (χ3n) is 3.59. The highest BCUT2D eigenvalue weighted by Crippen LogP contribution is 2.30. The Balaban J connectivity index is 0.00000242. The summed E-state index contributed by atoms with van der Waals surface area (Å²) in [6.45, 7) is 0.877. The lowest BCUT2D eigenvalue weighted by molar-refractivity contribution is -0.137. The van der Waals surface area contributed by atoms with E-state index in [4.69, 9.17) is 0 Å². The van der Waals surface area contributed by atoms with Crippen LogP contribution in [0.5, 0.6) is 0 Å². The fraction of sp³-hybridized carbons (Fsp3) is 0.500. The number of halogens is 5. The summed E-state index contributed by atoms with van der Waals surface area (Å²) in [5.41, 5.74) is -1.41. The van der Waals surface area contributed by atoms with Gasteiger partial charge in [-0.05, 0) is 38.1 Å². The lowest BCUT2D eigenvalue weighted by Crippen LogP contribution is -2.47. The molecule has 22 heavy (non-hydrogen) atoms. The molecule has 1 heterocycles. The zero-order chi connectivity index (χ0) is 15.6. The average molecular weight is 341 g/mol. The highest BCUT2D eigenvalue weighted by molar-refractivity contribution is 5.94. The molecule has 0 saturated carbocycles. The van der Waals surface area contributed by atoms with Crippen LogP contribution in [0.1, 0.15) is 28.8 Å². The smallest absolute Gasteiger partial charge is 0.337 e. The molecule has 0 radical (unpaired) electrons. The number of hydrogen-bond acceptors (Lipinski definition) is 2. The van der Waals surface area contributed by atoms with E-state index in [0.29, 0.717) is 25.2 Å². The first-order chi connectivity index (χ1) is 9.81. The van der Waals surface area contributed by atoms with Gasteiger partial charge in [-0.1, -0.05) is 0 Å². The Morgan fingerprint density at radius 3 is 2.59 bits per heavy atom. The Hall–Kier alpha value is -1.34. The fourth-order valence-corrected chi connectivity index (χ4v) is 2.46. The van der Waals surface area contributed by atoms with Crippen molar-refractivity contribution in [1.29, 1.82) is 0 Å². The number of rotatable bonds is 2. The zero-order valence-corrected chi connectivity index (χ0v) is 12.7. The van der Waals surface area contributed by atoms with Gasteiger partial charge in [-0.3, -0.25) is 4.79 Å². The van der Waals surface area contributed by atoms with E-state index in [1.807, 2.05) is 0 Å². The van der Waals surface area contributed by atoms with Crippen LogP contribution in [0.3, 0.4) is 0 Å². The number of likely N-dealkylation sites (N-methyl/N-ethyl adjacent to an activating group) is 1. The van der Waals surface area contributed by atoms with Crippen molar-refractivity contribution in [3.8, 4) is 0 Å². The number of hydrogen-bond donors (Lipinski definition) is 1. The van der Waals surface area contributed by atoms with Gasteiger partial charge in [0.05, 0.1) is 5.56 Å². The average Bonchev–Trinajstić information content (AvgIpc) is 2.45. The Kier molecular flexibility index (Phi) is 6.19. The fourth-order valence-electron chi connectivity index (χ4n) is 2.46. The molecule has 0 spiro atoms. The van der Waals surface area contributed by atoms with Crippen LogP contribution in [0.2, 0.25) is 0 Å². The first-order valence-electron chi connectivity index (χ1n) is 6.65. The molecule has 2 rings (SSSR count). The summed E-state index contributed by atoms with van der Waals surface area (Å²) in [5, 5.41) is 3.04. The molecule has 1 fully saturated rings. The molecule has 1 aliphatic heterocycles. The summed E-state index contributed by atoms with van der Waals surface area (Å²) in [6.07, 6.45) is -3.01. The third kappa shape index (κ3) is 4.33. The maximum Gasteiger partial charge on any atom is 0.416 e. The van der Waals surface area contributed by atoms with E-state index in [2.05, 4.69) is 5.32 Å². The number of nitrogens with zero attached hydrogens (tertiary/aromatic N) is 1. The number of carbonyl (C=O) groups excluding carboxylic acids is 1. The topological polar surface area (TPSA) is 32.3 Å². The van der Waals surface area contributed by atoms with Crippen molar-refractivity contribution in [2.45, 2.75) is 25.1 Å². The molecule has 0 aliphatic carbocycles. The molecule has 0 aromatic heterocycles. The van der Waals surface area contributed by atoms with E-state index >= 15 is 0 Å². The Labute approximate surface area is 132 Å². The molecule has 1 amide bonds. The van der Waals surface area contributed by atoms with Gasteiger partial charge in [0.15, 0.2) is 0 Å². The van der Waals surface area contributed by atoms with Crippen LogP contribution in [0.4, 0.5) is 17.6 Å². The van der Waals surface area contributed by atoms with E-state index < -0.39 is 23.5 Å². The van der Waals surface area contributed by atoms with E-state index in [1.54, 1.807) is 7.05 Å². The molecule has 8 heteroatoms. The molecule has 1 atom stereocenters. The van der Waals surface area contributed by atoms with Gasteiger partial charge in [0.2, 0.25) is 0 Å². The van der Waals surface area contributed by atoms with Gasteiger partial charge in [0.1, 0.15) is 5.82 Å². The molecule has 1 aliphatic rings. The predicted octanol–water partition coefficient (Wildman–Crippen LogP) is 3.09. The minimum Gasteiger partial charge on any atom is -0.337 e. The van der Waals surface area contributed by atoms with Gasteiger partial charge in [0.25, 0.3) is 5.91 Å². The van der Waals surface area contributed by atoms with E-state index in [0.717, 1.165) is 18.9 Å². The molecule has 1 aromatic rings. The molecule has 1 N–H and O–H groups in total. The maximum absolute atomic E-state index is 13.3. The van der Waals surface area contributed by atoms with E-state index in [1.165, 1.54) is 4.90 Å². The Bertz CT molecular complexity index is 536. The second kappa shape index (κ2) is 7.28. The molecule has 124 valence electrons. The number of nitrogens with one attached hydrogen (secondary N) is 1. The number of amides is 1. The largest absolute Gasteiger partial charge is 0.416 e. The molecular formula is C14H17ClF4N2O. The highest BCUT2D eigenvalue weighted by atomic mass is 35.5. The number of likely N-dealkylation sites (tertiary alicyclic amines) is 1. The number of alkyl halides is 3.